The smallest absolute Gasteiger partial charge is 0.252 e. The van der Waals surface area contributed by atoms with Crippen molar-refractivity contribution in [2.75, 3.05) is 5.32 Å². The molecule has 0 unspecified atom stereocenters. The van der Waals surface area contributed by atoms with E-state index in [2.05, 4.69) is 20.4 Å². The minimum atomic E-state index is -0.590. The molecule has 0 bridgehead atoms. The normalized spacial score (nSPS) is 11.5. The van der Waals surface area contributed by atoms with Crippen molar-refractivity contribution in [1.29, 1.82) is 0 Å². The molecule has 0 aliphatic heterocycles. The summed E-state index contributed by atoms with van der Waals surface area (Å²) < 4.78 is 6.75. The van der Waals surface area contributed by atoms with E-state index in [0.29, 0.717) is 23.0 Å². The van der Waals surface area contributed by atoms with Crippen LogP contribution in [0, 0.1) is 12.3 Å². The number of furan rings is 1. The highest BCUT2D eigenvalue weighted by Gasteiger charge is 2.24. The zero-order chi connectivity index (χ0) is 18.2. The molecule has 1 amide bonds. The minimum absolute atomic E-state index is 0.186. The van der Waals surface area contributed by atoms with Gasteiger partial charge in [0.05, 0.1) is 6.26 Å². The Hall–Kier alpha value is -3.16. The first-order valence-electron chi connectivity index (χ1n) is 7.78. The molecule has 0 radical (unpaired) electrons. The summed E-state index contributed by atoms with van der Waals surface area (Å²) in [4.78, 5) is 31.1. The van der Waals surface area contributed by atoms with Crippen molar-refractivity contribution in [2.24, 2.45) is 5.41 Å². The predicted molar refractivity (Wildman–Crippen MR) is 92.5 cm³/mol. The average molecular weight is 341 g/mol. The van der Waals surface area contributed by atoms with Crippen molar-refractivity contribution in [3.05, 3.63) is 46.6 Å². The molecule has 3 rings (SSSR count). The van der Waals surface area contributed by atoms with Crippen LogP contribution in [0.15, 0.2) is 39.7 Å². The third-order valence-electron chi connectivity index (χ3n) is 3.46. The van der Waals surface area contributed by atoms with E-state index in [1.807, 2.05) is 20.8 Å². The second-order valence-electron chi connectivity index (χ2n) is 6.72. The fourth-order valence-corrected chi connectivity index (χ4v) is 2.14. The van der Waals surface area contributed by atoms with Gasteiger partial charge in [0.25, 0.3) is 5.56 Å². The summed E-state index contributed by atoms with van der Waals surface area (Å²) in [6.07, 6.45) is 1.54. The van der Waals surface area contributed by atoms with Gasteiger partial charge >= 0.3 is 0 Å². The van der Waals surface area contributed by atoms with Crippen LogP contribution in [0.5, 0.6) is 0 Å². The number of hydrogen-bond donors (Lipinski definition) is 2. The molecule has 3 aromatic rings. The summed E-state index contributed by atoms with van der Waals surface area (Å²) in [5.74, 6) is 0.960. The third kappa shape index (κ3) is 3.52. The zero-order valence-corrected chi connectivity index (χ0v) is 14.5. The van der Waals surface area contributed by atoms with Gasteiger partial charge in [-0.25, -0.2) is 4.98 Å². The fraction of sp³-hybridized carbons (Fsp3) is 0.294. The lowest BCUT2D eigenvalue weighted by molar-refractivity contribution is -0.123. The molecule has 0 saturated carbocycles. The molecule has 0 fully saturated rings. The monoisotopic (exact) mass is 341 g/mol. The SMILES string of the molecule is Cc1cc(=O)[nH]c(-n2nc(-c3ccco3)cc2NC(=O)C(C)(C)C)n1. The van der Waals surface area contributed by atoms with Gasteiger partial charge in [-0.1, -0.05) is 20.8 Å². The van der Waals surface area contributed by atoms with Crippen LogP contribution in [0.2, 0.25) is 0 Å². The average Bonchev–Trinajstić information content (AvgIpc) is 3.13. The Morgan fingerprint density at radius 2 is 2.08 bits per heavy atom. The Balaban J connectivity index is 2.11. The molecular weight excluding hydrogens is 322 g/mol. The number of aromatic nitrogens is 4. The molecule has 3 heterocycles. The number of hydrogen-bond acceptors (Lipinski definition) is 5. The first kappa shape index (κ1) is 16.7. The molecule has 0 aromatic carbocycles. The van der Waals surface area contributed by atoms with Gasteiger partial charge < -0.3 is 9.73 Å². The molecular formula is C17H19N5O3. The highest BCUT2D eigenvalue weighted by atomic mass is 16.3. The van der Waals surface area contributed by atoms with Gasteiger partial charge in [0.2, 0.25) is 11.9 Å². The van der Waals surface area contributed by atoms with Crippen molar-refractivity contribution in [3.63, 3.8) is 0 Å². The lowest BCUT2D eigenvalue weighted by Gasteiger charge is -2.17. The predicted octanol–water partition coefficient (Wildman–Crippen LogP) is 2.51. The third-order valence-corrected chi connectivity index (χ3v) is 3.46. The Labute approximate surface area is 143 Å². The molecule has 0 atom stereocenters. The lowest BCUT2D eigenvalue weighted by atomic mass is 9.96. The van der Waals surface area contributed by atoms with E-state index in [1.165, 1.54) is 17.0 Å². The molecule has 130 valence electrons. The van der Waals surface area contributed by atoms with Crippen molar-refractivity contribution < 1.29 is 9.21 Å². The quantitative estimate of drug-likeness (QED) is 0.761. The summed E-state index contributed by atoms with van der Waals surface area (Å²) in [6, 6.07) is 6.56. The van der Waals surface area contributed by atoms with Crippen LogP contribution >= 0.6 is 0 Å². The van der Waals surface area contributed by atoms with Crippen molar-refractivity contribution in [3.8, 4) is 17.4 Å². The number of H-pyrrole nitrogens is 1. The van der Waals surface area contributed by atoms with Crippen molar-refractivity contribution in [2.45, 2.75) is 27.7 Å². The molecule has 3 aromatic heterocycles. The highest BCUT2D eigenvalue weighted by molar-refractivity contribution is 5.94. The zero-order valence-electron chi connectivity index (χ0n) is 14.5. The number of aryl methyl sites for hydroxylation is 1. The van der Waals surface area contributed by atoms with Gasteiger partial charge in [-0.3, -0.25) is 14.6 Å². The van der Waals surface area contributed by atoms with Gasteiger partial charge in [0.1, 0.15) is 11.5 Å². The standard InChI is InChI=1S/C17H19N5O3/c1-10-8-14(23)20-16(18-10)22-13(19-15(24)17(2,3)4)9-11(21-22)12-6-5-7-25-12/h5-9H,1-4H3,(H,19,24)(H,18,20,23). The van der Waals surface area contributed by atoms with E-state index in [4.69, 9.17) is 4.42 Å². The number of anilines is 1. The maximum absolute atomic E-state index is 12.4. The number of nitrogens with zero attached hydrogens (tertiary/aromatic N) is 3. The Bertz CT molecular complexity index is 961. The molecule has 0 aliphatic carbocycles. The van der Waals surface area contributed by atoms with Gasteiger partial charge in [-0.05, 0) is 19.1 Å². The largest absolute Gasteiger partial charge is 0.463 e. The Morgan fingerprint density at radius 3 is 2.68 bits per heavy atom. The molecule has 8 nitrogen and oxygen atoms in total. The van der Waals surface area contributed by atoms with Crippen LogP contribution in [0.1, 0.15) is 26.5 Å². The Morgan fingerprint density at radius 1 is 1.32 bits per heavy atom. The second kappa shape index (κ2) is 6.04. The molecule has 0 spiro atoms. The van der Waals surface area contributed by atoms with Crippen LogP contribution in [0.3, 0.4) is 0 Å². The van der Waals surface area contributed by atoms with Crippen molar-refractivity contribution >= 4 is 11.7 Å². The highest BCUT2D eigenvalue weighted by Crippen LogP contribution is 2.25. The van der Waals surface area contributed by atoms with Crippen LogP contribution in [0.25, 0.3) is 17.4 Å². The van der Waals surface area contributed by atoms with E-state index in [-0.39, 0.29) is 17.4 Å². The summed E-state index contributed by atoms with van der Waals surface area (Å²) in [5, 5.41) is 7.24. The molecule has 25 heavy (non-hydrogen) atoms. The first-order chi connectivity index (χ1) is 11.7. The lowest BCUT2D eigenvalue weighted by Crippen LogP contribution is -2.29. The number of rotatable bonds is 3. The maximum atomic E-state index is 12.4. The van der Waals surface area contributed by atoms with E-state index in [0.717, 1.165) is 0 Å². The van der Waals surface area contributed by atoms with E-state index in [9.17, 15) is 9.59 Å². The number of amides is 1. The molecule has 2 N–H and O–H groups in total. The van der Waals surface area contributed by atoms with E-state index in [1.54, 1.807) is 25.1 Å². The molecule has 8 heteroatoms. The number of carbonyl (C=O) groups excluding carboxylic acids is 1. The molecule has 0 aliphatic rings. The summed E-state index contributed by atoms with van der Waals surface area (Å²) >= 11 is 0. The first-order valence-corrected chi connectivity index (χ1v) is 7.78. The van der Waals surface area contributed by atoms with Crippen LogP contribution in [-0.2, 0) is 4.79 Å². The maximum Gasteiger partial charge on any atom is 0.252 e. The van der Waals surface area contributed by atoms with Gasteiger partial charge in [-0.2, -0.15) is 9.78 Å². The van der Waals surface area contributed by atoms with E-state index >= 15 is 0 Å². The topological polar surface area (TPSA) is 106 Å². The second-order valence-corrected chi connectivity index (χ2v) is 6.72. The van der Waals surface area contributed by atoms with Gasteiger partial charge in [0, 0.05) is 23.2 Å². The number of aromatic amines is 1. The number of nitrogens with one attached hydrogen (secondary N) is 2. The fourth-order valence-electron chi connectivity index (χ4n) is 2.14. The minimum Gasteiger partial charge on any atom is -0.463 e. The van der Waals surface area contributed by atoms with Gasteiger partial charge in [-0.15, -0.1) is 0 Å². The van der Waals surface area contributed by atoms with Crippen molar-refractivity contribution in [1.82, 2.24) is 19.7 Å². The van der Waals surface area contributed by atoms with E-state index < -0.39 is 5.41 Å². The number of carbonyl (C=O) groups is 1. The van der Waals surface area contributed by atoms with Crippen LogP contribution in [-0.4, -0.2) is 25.7 Å². The van der Waals surface area contributed by atoms with Crippen LogP contribution < -0.4 is 10.9 Å². The van der Waals surface area contributed by atoms with Crippen LogP contribution in [0.4, 0.5) is 5.82 Å². The molecule has 0 saturated heterocycles. The summed E-state index contributed by atoms with van der Waals surface area (Å²) in [5.41, 5.74) is 0.166. The van der Waals surface area contributed by atoms with Gasteiger partial charge in [0.15, 0.2) is 5.76 Å². The summed E-state index contributed by atoms with van der Waals surface area (Å²) in [6.45, 7) is 7.14. The Kier molecular flexibility index (Phi) is 4.03. The summed E-state index contributed by atoms with van der Waals surface area (Å²) in [7, 11) is 0.